The molecule has 1 saturated heterocycles. The molecule has 3 heterocycles. The smallest absolute Gasteiger partial charge is 0.368 e. The van der Waals surface area contributed by atoms with E-state index in [1.807, 2.05) is 12.1 Å². The fourth-order valence-corrected chi connectivity index (χ4v) is 2.79. The maximum absolute atomic E-state index is 12.7. The molecule has 0 N–H and O–H groups in total. The lowest BCUT2D eigenvalue weighted by Gasteiger charge is -2.36. The van der Waals surface area contributed by atoms with E-state index in [1.54, 1.807) is 18.3 Å². The Morgan fingerprint density at radius 1 is 1.08 bits per heavy atom. The van der Waals surface area contributed by atoms with Gasteiger partial charge in [0.2, 0.25) is 0 Å². The summed E-state index contributed by atoms with van der Waals surface area (Å²) < 4.78 is 38.2. The third-order valence-electron chi connectivity index (χ3n) is 4.12. The minimum absolute atomic E-state index is 0.376. The van der Waals surface area contributed by atoms with Crippen molar-refractivity contribution in [2.45, 2.75) is 12.7 Å². The van der Waals surface area contributed by atoms with E-state index in [-0.39, 0.29) is 0 Å². The molecular formula is C17H16F3N5. The molecule has 0 unspecified atom stereocenters. The molecular weight excluding hydrogens is 331 g/mol. The van der Waals surface area contributed by atoms with Gasteiger partial charge >= 0.3 is 6.18 Å². The van der Waals surface area contributed by atoms with Crippen molar-refractivity contribution < 1.29 is 13.2 Å². The summed E-state index contributed by atoms with van der Waals surface area (Å²) in [4.78, 5) is 11.7. The minimum atomic E-state index is -4.42. The number of aromatic nitrogens is 2. The molecule has 0 atom stereocenters. The molecule has 0 saturated carbocycles. The van der Waals surface area contributed by atoms with E-state index in [2.05, 4.69) is 19.8 Å². The number of nitriles is 1. The van der Waals surface area contributed by atoms with Crippen LogP contribution in [0.15, 0.2) is 36.7 Å². The van der Waals surface area contributed by atoms with Crippen LogP contribution in [0.25, 0.3) is 0 Å². The van der Waals surface area contributed by atoms with Gasteiger partial charge in [-0.15, -0.1) is 0 Å². The SMILES string of the molecule is N#Cc1ccc(N2CCN(Cc3ccnc(C(F)(F)F)c3)CC2)cn1. The Balaban J connectivity index is 1.58. The van der Waals surface area contributed by atoms with Crippen LogP contribution in [0.5, 0.6) is 0 Å². The normalized spacial score (nSPS) is 15.8. The Morgan fingerprint density at radius 3 is 2.44 bits per heavy atom. The van der Waals surface area contributed by atoms with Crippen LogP contribution in [0.2, 0.25) is 0 Å². The Kier molecular flexibility index (Phi) is 4.86. The first-order valence-corrected chi connectivity index (χ1v) is 7.81. The maximum atomic E-state index is 12.7. The number of halogens is 3. The highest BCUT2D eigenvalue weighted by molar-refractivity contribution is 5.46. The Morgan fingerprint density at radius 2 is 1.84 bits per heavy atom. The average molecular weight is 347 g/mol. The van der Waals surface area contributed by atoms with Crippen molar-refractivity contribution in [3.05, 3.63) is 53.6 Å². The molecule has 0 spiro atoms. The van der Waals surface area contributed by atoms with Crippen LogP contribution in [-0.4, -0.2) is 41.0 Å². The summed E-state index contributed by atoms with van der Waals surface area (Å²) in [6.07, 6.45) is -1.54. The van der Waals surface area contributed by atoms with Crippen molar-refractivity contribution in [2.75, 3.05) is 31.1 Å². The molecule has 8 heteroatoms. The minimum Gasteiger partial charge on any atom is -0.368 e. The van der Waals surface area contributed by atoms with Gasteiger partial charge in [-0.2, -0.15) is 18.4 Å². The molecule has 0 aliphatic carbocycles. The molecule has 0 radical (unpaired) electrons. The third-order valence-corrected chi connectivity index (χ3v) is 4.12. The van der Waals surface area contributed by atoms with E-state index >= 15 is 0 Å². The van der Waals surface area contributed by atoms with Crippen LogP contribution in [0.4, 0.5) is 18.9 Å². The second kappa shape index (κ2) is 7.07. The number of hydrogen-bond acceptors (Lipinski definition) is 5. The first kappa shape index (κ1) is 17.2. The quantitative estimate of drug-likeness (QED) is 0.854. The summed E-state index contributed by atoms with van der Waals surface area (Å²) in [6, 6.07) is 8.25. The molecule has 1 aliphatic rings. The molecule has 2 aromatic heterocycles. The molecule has 130 valence electrons. The zero-order valence-corrected chi connectivity index (χ0v) is 13.4. The molecule has 2 aromatic rings. The molecule has 0 bridgehead atoms. The van der Waals surface area contributed by atoms with Crippen LogP contribution >= 0.6 is 0 Å². The molecule has 3 rings (SSSR count). The van der Waals surface area contributed by atoms with Crippen LogP contribution < -0.4 is 4.90 Å². The van der Waals surface area contributed by atoms with Gasteiger partial charge in [0.15, 0.2) is 0 Å². The van der Waals surface area contributed by atoms with Crippen LogP contribution in [-0.2, 0) is 12.7 Å². The van der Waals surface area contributed by atoms with Crippen molar-refractivity contribution in [3.63, 3.8) is 0 Å². The van der Waals surface area contributed by atoms with Crippen molar-refractivity contribution in [2.24, 2.45) is 0 Å². The predicted octanol–water partition coefficient (Wildman–Crippen LogP) is 2.69. The number of alkyl halides is 3. The van der Waals surface area contributed by atoms with Crippen molar-refractivity contribution in [1.82, 2.24) is 14.9 Å². The Hall–Kier alpha value is -2.66. The summed E-state index contributed by atoms with van der Waals surface area (Å²) in [7, 11) is 0. The molecule has 25 heavy (non-hydrogen) atoms. The lowest BCUT2D eigenvalue weighted by Crippen LogP contribution is -2.46. The van der Waals surface area contributed by atoms with Gasteiger partial charge in [0.05, 0.1) is 11.9 Å². The molecule has 0 aromatic carbocycles. The summed E-state index contributed by atoms with van der Waals surface area (Å²) in [5.41, 5.74) is 1.07. The summed E-state index contributed by atoms with van der Waals surface area (Å²) in [5, 5.41) is 8.78. The van der Waals surface area contributed by atoms with Gasteiger partial charge in [-0.25, -0.2) is 4.98 Å². The van der Waals surface area contributed by atoms with E-state index in [0.717, 1.165) is 37.9 Å². The van der Waals surface area contributed by atoms with Crippen molar-refractivity contribution >= 4 is 5.69 Å². The number of hydrogen-bond donors (Lipinski definition) is 0. The van der Waals surface area contributed by atoms with Crippen molar-refractivity contribution in [1.29, 1.82) is 5.26 Å². The van der Waals surface area contributed by atoms with Gasteiger partial charge in [0, 0.05) is 38.9 Å². The van der Waals surface area contributed by atoms with E-state index in [4.69, 9.17) is 5.26 Å². The standard InChI is InChI=1S/C17H16F3N5/c18-17(19,20)16-9-13(3-4-22-16)12-24-5-7-25(8-6-24)15-2-1-14(10-21)23-11-15/h1-4,9,11H,5-8,12H2. The van der Waals surface area contributed by atoms with E-state index in [0.29, 0.717) is 17.8 Å². The molecule has 1 aliphatic heterocycles. The Labute approximate surface area is 143 Å². The van der Waals surface area contributed by atoms with Crippen LogP contribution in [0.1, 0.15) is 17.0 Å². The first-order chi connectivity index (χ1) is 12.0. The average Bonchev–Trinajstić information content (AvgIpc) is 2.62. The van der Waals surface area contributed by atoms with Gasteiger partial charge in [-0.1, -0.05) is 0 Å². The summed E-state index contributed by atoms with van der Waals surface area (Å²) >= 11 is 0. The topological polar surface area (TPSA) is 56.1 Å². The fourth-order valence-electron chi connectivity index (χ4n) is 2.79. The van der Waals surface area contributed by atoms with Gasteiger partial charge in [0.1, 0.15) is 17.5 Å². The number of anilines is 1. The van der Waals surface area contributed by atoms with Gasteiger partial charge in [-0.3, -0.25) is 9.88 Å². The lowest BCUT2D eigenvalue weighted by molar-refractivity contribution is -0.141. The molecule has 1 fully saturated rings. The number of rotatable bonds is 3. The highest BCUT2D eigenvalue weighted by Crippen LogP contribution is 2.28. The molecule has 5 nitrogen and oxygen atoms in total. The summed E-state index contributed by atoms with van der Waals surface area (Å²) in [5.74, 6) is 0. The van der Waals surface area contributed by atoms with E-state index < -0.39 is 11.9 Å². The zero-order valence-electron chi connectivity index (χ0n) is 13.4. The predicted molar refractivity (Wildman–Crippen MR) is 85.7 cm³/mol. The lowest BCUT2D eigenvalue weighted by atomic mass is 10.2. The zero-order chi connectivity index (χ0) is 17.9. The maximum Gasteiger partial charge on any atom is 0.433 e. The van der Waals surface area contributed by atoms with Gasteiger partial charge in [-0.05, 0) is 29.8 Å². The van der Waals surface area contributed by atoms with Gasteiger partial charge < -0.3 is 4.90 Å². The van der Waals surface area contributed by atoms with E-state index in [9.17, 15) is 13.2 Å². The number of pyridine rings is 2. The van der Waals surface area contributed by atoms with Crippen molar-refractivity contribution in [3.8, 4) is 6.07 Å². The van der Waals surface area contributed by atoms with Gasteiger partial charge in [0.25, 0.3) is 0 Å². The van der Waals surface area contributed by atoms with Crippen LogP contribution in [0.3, 0.4) is 0 Å². The second-order valence-electron chi connectivity index (χ2n) is 5.82. The largest absolute Gasteiger partial charge is 0.433 e. The highest BCUT2D eigenvalue weighted by atomic mass is 19.4. The fraction of sp³-hybridized carbons (Fsp3) is 0.353. The second-order valence-corrected chi connectivity index (χ2v) is 5.82. The number of nitrogens with zero attached hydrogens (tertiary/aromatic N) is 5. The first-order valence-electron chi connectivity index (χ1n) is 7.81. The highest BCUT2D eigenvalue weighted by Gasteiger charge is 2.32. The van der Waals surface area contributed by atoms with E-state index in [1.165, 1.54) is 6.20 Å². The monoisotopic (exact) mass is 347 g/mol. The summed E-state index contributed by atoms with van der Waals surface area (Å²) in [6.45, 7) is 3.45. The molecule has 0 amide bonds. The Bertz CT molecular complexity index is 759. The third kappa shape index (κ3) is 4.25. The number of piperazine rings is 1. The van der Waals surface area contributed by atoms with Crippen LogP contribution in [0, 0.1) is 11.3 Å².